The summed E-state index contributed by atoms with van der Waals surface area (Å²) in [6.45, 7) is 0. The third kappa shape index (κ3) is 7.68. The van der Waals surface area contributed by atoms with Crippen LogP contribution in [0.25, 0.3) is 10.8 Å². The van der Waals surface area contributed by atoms with E-state index in [0.717, 1.165) is 61.3 Å². The topological polar surface area (TPSA) is 6.48 Å². The van der Waals surface area contributed by atoms with Gasteiger partial charge in [-0.05, 0) is 192 Å². The zero-order valence-corrected chi connectivity index (χ0v) is 33.3. The molecule has 2 aliphatic carbocycles. The standard InChI is InChI=1S/C56H50N2/c1-3-13-51(14-4-1)57(53-31-19-41(20-32-53)9-7-11-43-17-23-45-25-27-47(45)37-43)55-35-29-50-40-56(36-30-49(50)39-55)58(52-15-5-2-6-16-52)54-33-21-42(22-34-54)10-8-12-44-18-24-46-26-28-48(46)38-44/h1-6,13-24,29-40H,7-12,25-28H2. The van der Waals surface area contributed by atoms with Crippen molar-refractivity contribution in [1.82, 2.24) is 0 Å². The fourth-order valence-corrected chi connectivity index (χ4v) is 8.97. The second-order valence-corrected chi connectivity index (χ2v) is 16.3. The number of rotatable bonds is 14. The van der Waals surface area contributed by atoms with Crippen molar-refractivity contribution in [2.75, 3.05) is 9.80 Å². The fraction of sp³-hybridized carbons (Fsp3) is 0.179. The van der Waals surface area contributed by atoms with Crippen molar-refractivity contribution in [1.29, 1.82) is 0 Å². The SMILES string of the molecule is c1ccc(N(c2ccc(CCCc3ccc4c(c3)CC4)cc2)c2ccc3cc(N(c4ccccc4)c4ccc(CCCc5ccc6c(c5)CC6)cc4)ccc3c2)cc1. The van der Waals surface area contributed by atoms with Crippen LogP contribution in [0.3, 0.4) is 0 Å². The van der Waals surface area contributed by atoms with Crippen molar-refractivity contribution < 1.29 is 0 Å². The lowest BCUT2D eigenvalue weighted by Crippen LogP contribution is -2.10. The first-order valence-electron chi connectivity index (χ1n) is 21.3. The monoisotopic (exact) mass is 750 g/mol. The molecule has 0 N–H and O–H groups in total. The van der Waals surface area contributed by atoms with Crippen molar-refractivity contribution >= 4 is 44.9 Å². The van der Waals surface area contributed by atoms with Crippen LogP contribution >= 0.6 is 0 Å². The van der Waals surface area contributed by atoms with Gasteiger partial charge in [0.05, 0.1) is 0 Å². The first kappa shape index (κ1) is 36.0. The van der Waals surface area contributed by atoms with E-state index < -0.39 is 0 Å². The number of fused-ring (bicyclic) bond motifs is 3. The molecule has 0 fully saturated rings. The molecule has 0 heterocycles. The van der Waals surface area contributed by atoms with E-state index in [9.17, 15) is 0 Å². The predicted molar refractivity (Wildman–Crippen MR) is 245 cm³/mol. The van der Waals surface area contributed by atoms with E-state index >= 15 is 0 Å². The van der Waals surface area contributed by atoms with Gasteiger partial charge in [-0.3, -0.25) is 0 Å². The molecule has 0 amide bonds. The van der Waals surface area contributed by atoms with Gasteiger partial charge < -0.3 is 9.80 Å². The molecule has 10 rings (SSSR count). The van der Waals surface area contributed by atoms with Crippen LogP contribution in [0.4, 0.5) is 34.1 Å². The summed E-state index contributed by atoms with van der Waals surface area (Å²) >= 11 is 0. The fourth-order valence-electron chi connectivity index (χ4n) is 8.97. The molecule has 0 radical (unpaired) electrons. The van der Waals surface area contributed by atoms with Gasteiger partial charge in [0.25, 0.3) is 0 Å². The maximum atomic E-state index is 2.43. The van der Waals surface area contributed by atoms with Gasteiger partial charge in [0.1, 0.15) is 0 Å². The van der Waals surface area contributed by atoms with Crippen LogP contribution < -0.4 is 9.80 Å². The highest BCUT2D eigenvalue weighted by molar-refractivity contribution is 5.93. The number of hydrogen-bond donors (Lipinski definition) is 0. The lowest BCUT2D eigenvalue weighted by Gasteiger charge is -2.27. The Labute approximate surface area is 344 Å². The summed E-state index contributed by atoms with van der Waals surface area (Å²) in [6, 6.07) is 67.8. The third-order valence-corrected chi connectivity index (χ3v) is 12.5. The van der Waals surface area contributed by atoms with Gasteiger partial charge in [-0.1, -0.05) is 109 Å². The molecule has 0 spiro atoms. The largest absolute Gasteiger partial charge is 0.310 e. The molecule has 2 nitrogen and oxygen atoms in total. The molecule has 0 unspecified atom stereocenters. The minimum atomic E-state index is 1.08. The number of nitrogens with zero attached hydrogens (tertiary/aromatic N) is 2. The third-order valence-electron chi connectivity index (χ3n) is 12.5. The zero-order valence-electron chi connectivity index (χ0n) is 33.3. The minimum absolute atomic E-state index is 1.08. The number of hydrogen-bond acceptors (Lipinski definition) is 2. The zero-order chi connectivity index (χ0) is 38.7. The van der Waals surface area contributed by atoms with Crippen LogP contribution in [-0.2, 0) is 51.4 Å². The summed E-state index contributed by atoms with van der Waals surface area (Å²) in [5.74, 6) is 0. The average Bonchev–Trinajstić information content (AvgIpc) is 3.25. The Balaban J connectivity index is 0.873. The van der Waals surface area contributed by atoms with Crippen LogP contribution in [0.5, 0.6) is 0 Å². The molecule has 8 aromatic carbocycles. The lowest BCUT2D eigenvalue weighted by atomic mass is 9.86. The Bertz CT molecular complexity index is 2470. The van der Waals surface area contributed by atoms with Gasteiger partial charge in [-0.25, -0.2) is 0 Å². The smallest absolute Gasteiger partial charge is 0.0468 e. The number of benzene rings is 8. The summed E-state index contributed by atoms with van der Waals surface area (Å²) in [5, 5.41) is 2.43. The predicted octanol–water partition coefficient (Wildman–Crippen LogP) is 14.3. The number of para-hydroxylation sites is 2. The first-order valence-corrected chi connectivity index (χ1v) is 21.3. The minimum Gasteiger partial charge on any atom is -0.310 e. The van der Waals surface area contributed by atoms with Crippen molar-refractivity contribution in [2.24, 2.45) is 0 Å². The van der Waals surface area contributed by atoms with Crippen LogP contribution in [0.1, 0.15) is 57.3 Å². The van der Waals surface area contributed by atoms with E-state index in [4.69, 9.17) is 0 Å². The van der Waals surface area contributed by atoms with Gasteiger partial charge in [0, 0.05) is 34.1 Å². The Kier molecular flexibility index (Phi) is 10.1. The molecular weight excluding hydrogens is 701 g/mol. The quantitative estimate of drug-likeness (QED) is 0.109. The average molecular weight is 751 g/mol. The molecule has 0 aromatic heterocycles. The normalized spacial score (nSPS) is 12.6. The Morgan fingerprint density at radius 2 is 0.621 bits per heavy atom. The van der Waals surface area contributed by atoms with E-state index in [-0.39, 0.29) is 0 Å². The maximum Gasteiger partial charge on any atom is 0.0468 e. The van der Waals surface area contributed by atoms with Gasteiger partial charge in [-0.15, -0.1) is 0 Å². The van der Waals surface area contributed by atoms with Crippen LogP contribution in [-0.4, -0.2) is 0 Å². The Morgan fingerprint density at radius 3 is 1.00 bits per heavy atom. The van der Waals surface area contributed by atoms with E-state index in [1.807, 2.05) is 0 Å². The van der Waals surface area contributed by atoms with Crippen LogP contribution in [0.15, 0.2) is 182 Å². The van der Waals surface area contributed by atoms with Crippen molar-refractivity contribution in [3.8, 4) is 0 Å². The summed E-state index contributed by atoms with van der Waals surface area (Å²) in [6.07, 6.45) is 11.8. The lowest BCUT2D eigenvalue weighted by molar-refractivity contribution is 0.798. The van der Waals surface area contributed by atoms with Crippen LogP contribution in [0.2, 0.25) is 0 Å². The van der Waals surface area contributed by atoms with Gasteiger partial charge in [0.2, 0.25) is 0 Å². The first-order chi connectivity index (χ1) is 28.7. The van der Waals surface area contributed by atoms with Crippen molar-refractivity contribution in [3.63, 3.8) is 0 Å². The molecule has 0 atom stereocenters. The van der Waals surface area contributed by atoms with E-state index in [2.05, 4.69) is 192 Å². The van der Waals surface area contributed by atoms with E-state index in [0.29, 0.717) is 0 Å². The molecule has 0 saturated carbocycles. The van der Waals surface area contributed by atoms with Gasteiger partial charge >= 0.3 is 0 Å². The summed E-state index contributed by atoms with van der Waals surface area (Å²) in [4.78, 5) is 4.75. The Hall–Kier alpha value is -6.38. The molecule has 0 bridgehead atoms. The van der Waals surface area contributed by atoms with E-state index in [1.165, 1.54) is 70.1 Å². The highest BCUT2D eigenvalue weighted by Crippen LogP contribution is 2.39. The second-order valence-electron chi connectivity index (χ2n) is 16.3. The summed E-state index contributed by atoms with van der Waals surface area (Å²) < 4.78 is 0. The second kappa shape index (κ2) is 16.2. The highest BCUT2D eigenvalue weighted by Gasteiger charge is 2.17. The summed E-state index contributed by atoms with van der Waals surface area (Å²) in [7, 11) is 0. The molecule has 8 aromatic rings. The molecule has 0 saturated heterocycles. The molecule has 2 heteroatoms. The van der Waals surface area contributed by atoms with Crippen molar-refractivity contribution in [2.45, 2.75) is 64.2 Å². The highest BCUT2D eigenvalue weighted by atomic mass is 15.1. The molecule has 2 aliphatic rings. The van der Waals surface area contributed by atoms with Gasteiger partial charge in [0.15, 0.2) is 0 Å². The molecular formula is C56H50N2. The number of anilines is 6. The van der Waals surface area contributed by atoms with Crippen LogP contribution in [0, 0.1) is 0 Å². The molecule has 284 valence electrons. The van der Waals surface area contributed by atoms with E-state index in [1.54, 1.807) is 22.3 Å². The number of aryl methyl sites for hydroxylation is 8. The molecule has 0 aliphatic heterocycles. The maximum absolute atomic E-state index is 2.43. The van der Waals surface area contributed by atoms with Crippen molar-refractivity contribution in [3.05, 3.63) is 226 Å². The molecule has 58 heavy (non-hydrogen) atoms. The Morgan fingerprint density at radius 1 is 0.276 bits per heavy atom. The summed E-state index contributed by atoms with van der Waals surface area (Å²) in [5.41, 5.74) is 18.9. The van der Waals surface area contributed by atoms with Gasteiger partial charge in [-0.2, -0.15) is 0 Å².